The average molecular weight is 297 g/mol. The van der Waals surface area contributed by atoms with Gasteiger partial charge in [-0.2, -0.15) is 0 Å². The fraction of sp³-hybridized carbons (Fsp3) is 0.500. The van der Waals surface area contributed by atoms with Gasteiger partial charge in [-0.05, 0) is 37.7 Å². The highest BCUT2D eigenvalue weighted by molar-refractivity contribution is 7.98. The molecule has 0 aromatic heterocycles. The number of aliphatic hydroxyl groups excluding tert-OH is 1. The minimum atomic E-state index is 0.132. The number of benzene rings is 1. The maximum atomic E-state index is 8.97. The summed E-state index contributed by atoms with van der Waals surface area (Å²) >= 11 is 1.57. The lowest BCUT2D eigenvalue weighted by Gasteiger charge is -2.23. The van der Waals surface area contributed by atoms with Gasteiger partial charge in [0.05, 0.1) is 5.56 Å². The van der Waals surface area contributed by atoms with Crippen molar-refractivity contribution in [2.24, 2.45) is 10.9 Å². The van der Waals surface area contributed by atoms with Crippen LogP contribution in [-0.4, -0.2) is 42.6 Å². The SMILES string of the molecule is CSc1cccc(N(C)CCCCCO)c1/C(N)=N/O. The van der Waals surface area contributed by atoms with Crippen molar-refractivity contribution in [1.29, 1.82) is 0 Å². The number of thioether (sulfide) groups is 1. The van der Waals surface area contributed by atoms with Gasteiger partial charge in [0, 0.05) is 30.8 Å². The summed E-state index contributed by atoms with van der Waals surface area (Å²) in [5, 5.41) is 20.9. The Morgan fingerprint density at radius 1 is 1.35 bits per heavy atom. The number of anilines is 1. The molecule has 5 nitrogen and oxygen atoms in total. The van der Waals surface area contributed by atoms with Crippen LogP contribution in [0.3, 0.4) is 0 Å². The van der Waals surface area contributed by atoms with E-state index >= 15 is 0 Å². The van der Waals surface area contributed by atoms with Crippen molar-refractivity contribution in [3.05, 3.63) is 23.8 Å². The minimum Gasteiger partial charge on any atom is -0.409 e. The minimum absolute atomic E-state index is 0.132. The highest BCUT2D eigenvalue weighted by atomic mass is 32.2. The molecule has 0 amide bonds. The molecule has 112 valence electrons. The van der Waals surface area contributed by atoms with E-state index < -0.39 is 0 Å². The number of aliphatic hydroxyl groups is 1. The predicted octanol–water partition coefficient (Wildman–Crippen LogP) is 2.10. The predicted molar refractivity (Wildman–Crippen MR) is 84.9 cm³/mol. The second kappa shape index (κ2) is 8.71. The summed E-state index contributed by atoms with van der Waals surface area (Å²) in [4.78, 5) is 3.09. The maximum absolute atomic E-state index is 8.97. The lowest BCUT2D eigenvalue weighted by Crippen LogP contribution is -2.24. The van der Waals surface area contributed by atoms with E-state index in [4.69, 9.17) is 16.0 Å². The summed E-state index contributed by atoms with van der Waals surface area (Å²) in [6.07, 6.45) is 4.78. The summed E-state index contributed by atoms with van der Waals surface area (Å²) in [5.74, 6) is 0.132. The fourth-order valence-electron chi connectivity index (χ4n) is 2.07. The Balaban J connectivity index is 2.93. The van der Waals surface area contributed by atoms with Crippen LogP contribution in [0.25, 0.3) is 0 Å². The summed E-state index contributed by atoms with van der Waals surface area (Å²) < 4.78 is 0. The number of rotatable bonds is 8. The first-order valence-electron chi connectivity index (χ1n) is 6.62. The van der Waals surface area contributed by atoms with Crippen molar-refractivity contribution in [3.8, 4) is 0 Å². The topological polar surface area (TPSA) is 82.1 Å². The molecule has 1 aromatic rings. The van der Waals surface area contributed by atoms with Gasteiger partial charge in [-0.25, -0.2) is 0 Å². The standard InChI is InChI=1S/C14H23N3O2S/c1-17(9-4-3-5-10-18)11-7-6-8-12(20-2)13(11)14(15)16-19/h6-8,18-19H,3-5,9-10H2,1-2H3,(H2,15,16). The highest BCUT2D eigenvalue weighted by Crippen LogP contribution is 2.29. The molecule has 0 aliphatic rings. The number of nitrogens with two attached hydrogens (primary N) is 1. The second-order valence-corrected chi connectivity index (χ2v) is 5.39. The van der Waals surface area contributed by atoms with Crippen molar-refractivity contribution < 1.29 is 10.3 Å². The Morgan fingerprint density at radius 3 is 2.70 bits per heavy atom. The molecular weight excluding hydrogens is 274 g/mol. The molecule has 0 spiro atoms. The quantitative estimate of drug-likeness (QED) is 0.171. The second-order valence-electron chi connectivity index (χ2n) is 4.55. The lowest BCUT2D eigenvalue weighted by atomic mass is 10.1. The van der Waals surface area contributed by atoms with Crippen LogP contribution in [0.1, 0.15) is 24.8 Å². The first-order valence-corrected chi connectivity index (χ1v) is 7.85. The van der Waals surface area contributed by atoms with Crippen LogP contribution in [0, 0.1) is 0 Å². The molecule has 0 unspecified atom stereocenters. The molecule has 20 heavy (non-hydrogen) atoms. The fourth-order valence-corrected chi connectivity index (χ4v) is 2.70. The van der Waals surface area contributed by atoms with E-state index in [2.05, 4.69) is 10.1 Å². The molecule has 0 fully saturated rings. The first-order chi connectivity index (χ1) is 9.65. The monoisotopic (exact) mass is 297 g/mol. The van der Waals surface area contributed by atoms with Crippen molar-refractivity contribution in [2.75, 3.05) is 31.4 Å². The third kappa shape index (κ3) is 4.31. The summed E-state index contributed by atoms with van der Waals surface area (Å²) in [6.45, 7) is 1.10. The van der Waals surface area contributed by atoms with Crippen LogP contribution in [0.15, 0.2) is 28.3 Å². The normalized spacial score (nSPS) is 11.7. The molecular formula is C14H23N3O2S. The van der Waals surface area contributed by atoms with Crippen molar-refractivity contribution in [3.63, 3.8) is 0 Å². The van der Waals surface area contributed by atoms with Gasteiger partial charge in [-0.15, -0.1) is 11.8 Å². The molecule has 1 aromatic carbocycles. The average Bonchev–Trinajstić information content (AvgIpc) is 2.49. The van der Waals surface area contributed by atoms with Crippen molar-refractivity contribution >= 4 is 23.3 Å². The van der Waals surface area contributed by atoms with E-state index in [1.165, 1.54) is 0 Å². The van der Waals surface area contributed by atoms with E-state index in [9.17, 15) is 0 Å². The molecule has 0 radical (unpaired) electrons. The lowest BCUT2D eigenvalue weighted by molar-refractivity contribution is 0.283. The molecule has 0 aliphatic heterocycles. The van der Waals surface area contributed by atoms with Crippen LogP contribution >= 0.6 is 11.8 Å². The number of hydrogen-bond donors (Lipinski definition) is 3. The van der Waals surface area contributed by atoms with Gasteiger partial charge in [-0.1, -0.05) is 11.2 Å². The molecule has 1 rings (SSSR count). The number of hydrogen-bond acceptors (Lipinski definition) is 5. The Bertz CT molecular complexity index is 452. The van der Waals surface area contributed by atoms with E-state index in [0.717, 1.165) is 42.0 Å². The smallest absolute Gasteiger partial charge is 0.173 e. The molecule has 0 saturated carbocycles. The van der Waals surface area contributed by atoms with Gasteiger partial charge in [0.1, 0.15) is 0 Å². The summed E-state index contributed by atoms with van der Waals surface area (Å²) in [5.41, 5.74) is 7.54. The van der Waals surface area contributed by atoms with E-state index in [-0.39, 0.29) is 12.4 Å². The van der Waals surface area contributed by atoms with Gasteiger partial charge in [0.15, 0.2) is 5.84 Å². The van der Waals surface area contributed by atoms with E-state index in [1.807, 2.05) is 31.5 Å². The Morgan fingerprint density at radius 2 is 2.10 bits per heavy atom. The molecule has 6 heteroatoms. The number of oxime groups is 1. The number of amidine groups is 1. The largest absolute Gasteiger partial charge is 0.409 e. The molecule has 0 saturated heterocycles. The third-order valence-electron chi connectivity index (χ3n) is 3.15. The zero-order valence-corrected chi connectivity index (χ0v) is 12.9. The zero-order chi connectivity index (χ0) is 15.0. The first kappa shape index (κ1) is 16.7. The van der Waals surface area contributed by atoms with Gasteiger partial charge in [0.25, 0.3) is 0 Å². The van der Waals surface area contributed by atoms with Crippen LogP contribution < -0.4 is 10.6 Å². The Kier molecular flexibility index (Phi) is 7.25. The molecule has 0 atom stereocenters. The number of unbranched alkanes of at least 4 members (excludes halogenated alkanes) is 2. The Hall–Kier alpha value is -1.40. The molecule has 4 N–H and O–H groups in total. The van der Waals surface area contributed by atoms with Crippen LogP contribution in [-0.2, 0) is 0 Å². The summed E-state index contributed by atoms with van der Waals surface area (Å²) in [6, 6.07) is 5.90. The molecule has 0 heterocycles. The molecule has 0 bridgehead atoms. The third-order valence-corrected chi connectivity index (χ3v) is 3.93. The van der Waals surface area contributed by atoms with E-state index in [1.54, 1.807) is 11.8 Å². The zero-order valence-electron chi connectivity index (χ0n) is 12.0. The van der Waals surface area contributed by atoms with Gasteiger partial charge >= 0.3 is 0 Å². The van der Waals surface area contributed by atoms with Crippen molar-refractivity contribution in [2.45, 2.75) is 24.2 Å². The van der Waals surface area contributed by atoms with Crippen molar-refractivity contribution in [1.82, 2.24) is 0 Å². The number of nitrogens with zero attached hydrogens (tertiary/aromatic N) is 2. The van der Waals surface area contributed by atoms with Crippen LogP contribution in [0.4, 0.5) is 5.69 Å². The van der Waals surface area contributed by atoms with Crippen LogP contribution in [0.5, 0.6) is 0 Å². The highest BCUT2D eigenvalue weighted by Gasteiger charge is 2.15. The molecule has 0 aliphatic carbocycles. The van der Waals surface area contributed by atoms with Gasteiger partial charge < -0.3 is 20.9 Å². The Labute approximate surface area is 124 Å². The summed E-state index contributed by atoms with van der Waals surface area (Å²) in [7, 11) is 1.99. The van der Waals surface area contributed by atoms with Gasteiger partial charge in [0.2, 0.25) is 0 Å². The van der Waals surface area contributed by atoms with Gasteiger partial charge in [-0.3, -0.25) is 0 Å². The maximum Gasteiger partial charge on any atom is 0.173 e. The van der Waals surface area contributed by atoms with Crippen LogP contribution in [0.2, 0.25) is 0 Å². The van der Waals surface area contributed by atoms with E-state index in [0.29, 0.717) is 0 Å².